The lowest BCUT2D eigenvalue weighted by Crippen LogP contribution is -2.28. The zero-order valence-electron chi connectivity index (χ0n) is 24.9. The molecule has 2 aromatic heterocycles. The van der Waals surface area contributed by atoms with E-state index in [4.69, 9.17) is 25.8 Å². The van der Waals surface area contributed by atoms with Crippen molar-refractivity contribution >= 4 is 45.5 Å². The molecular weight excluding hydrogens is 596 g/mol. The number of nitrogens with one attached hydrogen (secondary N) is 2. The standard InChI is InChI=1S/C33H33ClN6O5/c1-21(41)40(2)12-5-7-32(42)39-29-15-26-28(16-31(29)45-25-10-13-43-20-25)37-18-22(17-35)33(26)38-23-8-9-30(27(34)14-23)44-19-24-6-3-4-11-36-24/h3-9,11,14-16,18,21,25,41H,10,12-13,19-20H2,1-2H3,(H,37,38)(H,39,42)/b7-5+. The number of hydrogen-bond donors (Lipinski definition) is 3. The fraction of sp³-hybridized carbons (Fsp3) is 0.273. The maximum atomic E-state index is 12.9. The summed E-state index contributed by atoms with van der Waals surface area (Å²) in [7, 11) is 1.75. The van der Waals surface area contributed by atoms with Crippen LogP contribution >= 0.6 is 11.6 Å². The zero-order chi connectivity index (χ0) is 31.8. The molecule has 0 saturated carbocycles. The number of carbonyl (C=O) groups excluding carboxylic acids is 1. The van der Waals surface area contributed by atoms with Gasteiger partial charge in [-0.1, -0.05) is 23.7 Å². The first kappa shape index (κ1) is 31.7. The Balaban J connectivity index is 1.44. The van der Waals surface area contributed by atoms with Crippen molar-refractivity contribution in [3.8, 4) is 17.6 Å². The molecule has 2 unspecified atom stereocenters. The molecule has 2 aromatic carbocycles. The molecule has 0 bridgehead atoms. The number of hydrogen-bond acceptors (Lipinski definition) is 10. The van der Waals surface area contributed by atoms with Crippen LogP contribution in [0.25, 0.3) is 10.9 Å². The monoisotopic (exact) mass is 628 g/mol. The summed E-state index contributed by atoms with van der Waals surface area (Å²) in [6, 6.07) is 16.5. The Kier molecular flexibility index (Phi) is 10.4. The molecule has 1 fully saturated rings. The van der Waals surface area contributed by atoms with Gasteiger partial charge in [0, 0.05) is 48.6 Å². The van der Waals surface area contributed by atoms with Gasteiger partial charge < -0.3 is 30.0 Å². The molecule has 1 saturated heterocycles. The van der Waals surface area contributed by atoms with Crippen LogP contribution in [-0.2, 0) is 16.1 Å². The second-order valence-corrected chi connectivity index (χ2v) is 10.9. The van der Waals surface area contributed by atoms with Crippen molar-refractivity contribution in [3.05, 3.63) is 89.4 Å². The van der Waals surface area contributed by atoms with Crippen molar-refractivity contribution in [3.63, 3.8) is 0 Å². The number of aromatic nitrogens is 2. The molecule has 0 radical (unpaired) electrons. The minimum absolute atomic E-state index is 0.176. The minimum atomic E-state index is -0.648. The Morgan fingerprint density at radius 2 is 2.13 bits per heavy atom. The summed E-state index contributed by atoms with van der Waals surface area (Å²) in [5, 5.41) is 26.8. The molecule has 0 spiro atoms. The predicted octanol–water partition coefficient (Wildman–Crippen LogP) is 5.41. The molecule has 12 heteroatoms. The van der Waals surface area contributed by atoms with E-state index in [1.54, 1.807) is 61.5 Å². The SMILES string of the molecule is CC(O)N(C)C/C=C/C(=O)Nc1cc2c(Nc3ccc(OCc4ccccn4)c(Cl)c3)c(C#N)cnc2cc1OC1CCOC1. The number of aliphatic hydroxyl groups excluding tert-OH is 1. The molecule has 1 amide bonds. The van der Waals surface area contributed by atoms with Crippen LogP contribution in [0.5, 0.6) is 11.5 Å². The van der Waals surface area contributed by atoms with Crippen molar-refractivity contribution in [1.82, 2.24) is 14.9 Å². The van der Waals surface area contributed by atoms with Gasteiger partial charge in [-0.25, -0.2) is 0 Å². The Morgan fingerprint density at radius 1 is 1.27 bits per heavy atom. The molecule has 1 aliphatic rings. The van der Waals surface area contributed by atoms with Gasteiger partial charge in [0.1, 0.15) is 36.5 Å². The van der Waals surface area contributed by atoms with Crippen LogP contribution in [0.4, 0.5) is 17.1 Å². The third-order valence-electron chi connectivity index (χ3n) is 7.13. The fourth-order valence-corrected chi connectivity index (χ4v) is 4.78. The first-order valence-electron chi connectivity index (χ1n) is 14.4. The number of nitrogens with zero attached hydrogens (tertiary/aromatic N) is 4. The Labute approximate surface area is 266 Å². The van der Waals surface area contributed by atoms with E-state index in [9.17, 15) is 15.2 Å². The first-order chi connectivity index (χ1) is 21.8. The van der Waals surface area contributed by atoms with Crippen LogP contribution in [-0.4, -0.2) is 65.0 Å². The summed E-state index contributed by atoms with van der Waals surface area (Å²) < 4.78 is 17.5. The number of ether oxygens (including phenoxy) is 3. The average Bonchev–Trinajstić information content (AvgIpc) is 3.55. The van der Waals surface area contributed by atoms with Gasteiger partial charge in [-0.3, -0.25) is 19.7 Å². The molecule has 4 aromatic rings. The van der Waals surface area contributed by atoms with Crippen LogP contribution in [0, 0.1) is 11.3 Å². The third kappa shape index (κ3) is 8.26. The van der Waals surface area contributed by atoms with Gasteiger partial charge in [-0.05, 0) is 50.4 Å². The van der Waals surface area contributed by atoms with Gasteiger partial charge in [-0.2, -0.15) is 5.26 Å². The number of pyridine rings is 2. The second kappa shape index (κ2) is 14.8. The maximum Gasteiger partial charge on any atom is 0.248 e. The summed E-state index contributed by atoms with van der Waals surface area (Å²) in [5.41, 5.74) is 3.13. The highest BCUT2D eigenvalue weighted by molar-refractivity contribution is 6.32. The van der Waals surface area contributed by atoms with Crippen LogP contribution in [0.15, 0.2) is 73.1 Å². The number of nitriles is 1. The normalized spacial score (nSPS) is 15.2. The molecule has 11 nitrogen and oxygen atoms in total. The summed E-state index contributed by atoms with van der Waals surface area (Å²) in [6.07, 6.45) is 6.13. The minimum Gasteiger partial charge on any atom is -0.486 e. The lowest BCUT2D eigenvalue weighted by Gasteiger charge is -2.19. The molecule has 1 aliphatic heterocycles. The number of fused-ring (bicyclic) bond motifs is 1. The average molecular weight is 629 g/mol. The third-order valence-corrected chi connectivity index (χ3v) is 7.43. The molecule has 232 valence electrons. The van der Waals surface area contributed by atoms with Gasteiger partial charge in [-0.15, -0.1) is 0 Å². The Morgan fingerprint density at radius 3 is 2.84 bits per heavy atom. The summed E-state index contributed by atoms with van der Waals surface area (Å²) >= 11 is 6.56. The number of halogens is 1. The van der Waals surface area contributed by atoms with E-state index in [0.717, 1.165) is 5.69 Å². The maximum absolute atomic E-state index is 12.9. The van der Waals surface area contributed by atoms with Crippen LogP contribution in [0.3, 0.4) is 0 Å². The highest BCUT2D eigenvalue weighted by atomic mass is 35.5. The van der Waals surface area contributed by atoms with Crippen molar-refractivity contribution in [2.24, 2.45) is 0 Å². The summed E-state index contributed by atoms with van der Waals surface area (Å²) in [4.78, 5) is 23.4. The number of aliphatic hydroxyl groups is 1. The molecular formula is C33H33ClN6O5. The number of anilines is 3. The molecule has 3 N–H and O–H groups in total. The number of likely N-dealkylation sites (N-methyl/N-ethyl adjacent to an activating group) is 1. The van der Waals surface area contributed by atoms with Crippen molar-refractivity contribution in [2.45, 2.75) is 32.3 Å². The van der Waals surface area contributed by atoms with Crippen molar-refractivity contribution < 1.29 is 24.1 Å². The number of benzene rings is 2. The Hall–Kier alpha value is -4.73. The lowest BCUT2D eigenvalue weighted by atomic mass is 10.1. The zero-order valence-corrected chi connectivity index (χ0v) is 25.6. The van der Waals surface area contributed by atoms with E-state index in [-0.39, 0.29) is 18.6 Å². The van der Waals surface area contributed by atoms with Gasteiger partial charge in [0.2, 0.25) is 5.91 Å². The van der Waals surface area contributed by atoms with E-state index in [2.05, 4.69) is 26.7 Å². The number of amides is 1. The number of rotatable bonds is 12. The lowest BCUT2D eigenvalue weighted by molar-refractivity contribution is -0.112. The smallest absolute Gasteiger partial charge is 0.248 e. The quantitative estimate of drug-likeness (QED) is 0.138. The van der Waals surface area contributed by atoms with Gasteiger partial charge in [0.25, 0.3) is 0 Å². The second-order valence-electron chi connectivity index (χ2n) is 10.5. The van der Waals surface area contributed by atoms with Crippen molar-refractivity contribution in [2.75, 3.05) is 37.4 Å². The molecule has 0 aliphatic carbocycles. The summed E-state index contributed by atoms with van der Waals surface area (Å²) in [6.45, 7) is 3.32. The van der Waals surface area contributed by atoms with Gasteiger partial charge in [0.05, 0.1) is 46.4 Å². The highest BCUT2D eigenvalue weighted by Crippen LogP contribution is 2.38. The van der Waals surface area contributed by atoms with Gasteiger partial charge >= 0.3 is 0 Å². The van der Waals surface area contributed by atoms with Crippen LogP contribution in [0.1, 0.15) is 24.6 Å². The largest absolute Gasteiger partial charge is 0.486 e. The first-order valence-corrected chi connectivity index (χ1v) is 14.7. The molecule has 3 heterocycles. The number of carbonyl (C=O) groups is 1. The predicted molar refractivity (Wildman–Crippen MR) is 172 cm³/mol. The van der Waals surface area contributed by atoms with Crippen LogP contribution in [0.2, 0.25) is 5.02 Å². The summed E-state index contributed by atoms with van der Waals surface area (Å²) in [5.74, 6) is 0.539. The van der Waals surface area contributed by atoms with E-state index in [1.807, 2.05) is 18.2 Å². The molecule has 2 atom stereocenters. The van der Waals surface area contributed by atoms with E-state index in [0.29, 0.717) is 76.2 Å². The molecule has 45 heavy (non-hydrogen) atoms. The van der Waals surface area contributed by atoms with Crippen molar-refractivity contribution in [1.29, 1.82) is 5.26 Å². The topological polar surface area (TPSA) is 142 Å². The van der Waals surface area contributed by atoms with Crippen LogP contribution < -0.4 is 20.1 Å². The Bertz CT molecular complexity index is 1720. The van der Waals surface area contributed by atoms with Gasteiger partial charge in [0.15, 0.2) is 0 Å². The fourth-order valence-electron chi connectivity index (χ4n) is 4.55. The van der Waals surface area contributed by atoms with E-state index < -0.39 is 6.23 Å². The molecule has 5 rings (SSSR count). The highest BCUT2D eigenvalue weighted by Gasteiger charge is 2.21. The van der Waals surface area contributed by atoms with E-state index >= 15 is 0 Å². The van der Waals surface area contributed by atoms with E-state index in [1.165, 1.54) is 12.3 Å².